The molecule has 23 heavy (non-hydrogen) atoms. The van der Waals surface area contributed by atoms with Crippen molar-refractivity contribution in [3.63, 3.8) is 0 Å². The van der Waals surface area contributed by atoms with E-state index < -0.39 is 0 Å². The van der Waals surface area contributed by atoms with Crippen LogP contribution >= 0.6 is 0 Å². The Bertz CT molecular complexity index is 396. The summed E-state index contributed by atoms with van der Waals surface area (Å²) in [5.74, 6) is 0.624. The lowest BCUT2D eigenvalue weighted by molar-refractivity contribution is -0.123. The fraction of sp³-hybridized carbons (Fsp3) is 0.944. The number of hydrogen-bond donors (Lipinski definition) is 2. The van der Waals surface area contributed by atoms with E-state index in [4.69, 9.17) is 4.74 Å². The maximum Gasteiger partial charge on any atom is 0.234 e. The van der Waals surface area contributed by atoms with E-state index in [2.05, 4.69) is 10.2 Å². The van der Waals surface area contributed by atoms with Crippen LogP contribution in [0.25, 0.3) is 0 Å². The molecule has 0 aromatic rings. The first kappa shape index (κ1) is 17.2. The van der Waals surface area contributed by atoms with Gasteiger partial charge in [-0.25, -0.2) is 0 Å². The predicted molar refractivity (Wildman–Crippen MR) is 89.1 cm³/mol. The summed E-state index contributed by atoms with van der Waals surface area (Å²) in [6.45, 7) is 3.75. The lowest BCUT2D eigenvalue weighted by Crippen LogP contribution is -2.44. The summed E-state index contributed by atoms with van der Waals surface area (Å²) in [6, 6.07) is 0.364. The van der Waals surface area contributed by atoms with Crippen LogP contribution < -0.4 is 5.32 Å². The van der Waals surface area contributed by atoms with Crippen LogP contribution in [0.3, 0.4) is 0 Å². The number of nitrogens with zero attached hydrogens (tertiary/aromatic N) is 1. The van der Waals surface area contributed by atoms with Gasteiger partial charge in [-0.15, -0.1) is 0 Å². The minimum Gasteiger partial charge on any atom is -0.396 e. The van der Waals surface area contributed by atoms with Crippen LogP contribution in [0.1, 0.15) is 51.4 Å². The summed E-state index contributed by atoms with van der Waals surface area (Å²) in [4.78, 5) is 14.6. The van der Waals surface area contributed by atoms with Crippen LogP contribution in [0.2, 0.25) is 0 Å². The zero-order valence-corrected chi connectivity index (χ0v) is 14.3. The molecule has 0 radical (unpaired) electrons. The zero-order chi connectivity index (χ0) is 16.1. The van der Waals surface area contributed by atoms with Gasteiger partial charge in [-0.05, 0) is 25.2 Å². The van der Waals surface area contributed by atoms with Gasteiger partial charge in [0.05, 0.1) is 19.8 Å². The van der Waals surface area contributed by atoms with Crippen molar-refractivity contribution in [2.75, 3.05) is 39.5 Å². The number of fused-ring (bicyclic) bond motifs is 1. The molecular weight excluding hydrogens is 292 g/mol. The summed E-state index contributed by atoms with van der Waals surface area (Å²) in [6.07, 6.45) is 9.69. The van der Waals surface area contributed by atoms with Gasteiger partial charge in [0.2, 0.25) is 5.91 Å². The number of likely N-dealkylation sites (tertiary alicyclic amines) is 1. The average molecular weight is 324 g/mol. The highest BCUT2D eigenvalue weighted by atomic mass is 16.5. The van der Waals surface area contributed by atoms with Gasteiger partial charge in [-0.3, -0.25) is 9.69 Å². The largest absolute Gasteiger partial charge is 0.396 e. The maximum absolute atomic E-state index is 12.4. The van der Waals surface area contributed by atoms with Gasteiger partial charge in [0.25, 0.3) is 0 Å². The smallest absolute Gasteiger partial charge is 0.234 e. The number of carbonyl (C=O) groups excluding carboxylic acids is 1. The first-order valence-corrected chi connectivity index (χ1v) is 9.42. The maximum atomic E-state index is 12.4. The van der Waals surface area contributed by atoms with Gasteiger partial charge in [-0.1, -0.05) is 32.1 Å². The van der Waals surface area contributed by atoms with E-state index in [1.54, 1.807) is 0 Å². The van der Waals surface area contributed by atoms with Crippen molar-refractivity contribution in [2.45, 2.75) is 57.4 Å². The first-order chi connectivity index (χ1) is 11.2. The van der Waals surface area contributed by atoms with Gasteiger partial charge in [0, 0.05) is 31.2 Å². The number of aliphatic hydroxyl groups excluding tert-OH is 1. The third kappa shape index (κ3) is 4.25. The highest BCUT2D eigenvalue weighted by molar-refractivity contribution is 5.78. The van der Waals surface area contributed by atoms with Gasteiger partial charge >= 0.3 is 0 Å². The van der Waals surface area contributed by atoms with Crippen molar-refractivity contribution >= 4 is 5.91 Å². The molecule has 2 N–H and O–H groups in total. The summed E-state index contributed by atoms with van der Waals surface area (Å²) < 4.78 is 5.59. The lowest BCUT2D eigenvalue weighted by Gasteiger charge is -2.36. The van der Waals surface area contributed by atoms with Crippen LogP contribution in [0.15, 0.2) is 0 Å². The molecule has 5 heteroatoms. The molecular formula is C18H32N2O3. The third-order valence-electron chi connectivity index (χ3n) is 6.04. The van der Waals surface area contributed by atoms with E-state index in [-0.39, 0.29) is 17.9 Å². The summed E-state index contributed by atoms with van der Waals surface area (Å²) in [7, 11) is 0. The van der Waals surface area contributed by atoms with Crippen molar-refractivity contribution < 1.29 is 14.6 Å². The van der Waals surface area contributed by atoms with Crippen molar-refractivity contribution in [2.24, 2.45) is 11.3 Å². The molecule has 0 spiro atoms. The number of rotatable bonds is 4. The first-order valence-electron chi connectivity index (χ1n) is 9.42. The summed E-state index contributed by atoms with van der Waals surface area (Å²) >= 11 is 0. The Balaban J connectivity index is 1.48. The van der Waals surface area contributed by atoms with E-state index >= 15 is 0 Å². The average Bonchev–Trinajstić information content (AvgIpc) is 2.88. The minimum absolute atomic E-state index is 0.140. The van der Waals surface area contributed by atoms with E-state index in [0.717, 1.165) is 39.0 Å². The molecule has 1 aliphatic carbocycles. The Labute approximate surface area is 139 Å². The minimum atomic E-state index is -0.140. The molecule has 3 rings (SSSR count). The second kappa shape index (κ2) is 7.95. The van der Waals surface area contributed by atoms with Crippen LogP contribution in [-0.2, 0) is 9.53 Å². The fourth-order valence-corrected chi connectivity index (χ4v) is 4.63. The van der Waals surface area contributed by atoms with Gasteiger partial charge in [0.15, 0.2) is 0 Å². The molecule has 0 bridgehead atoms. The highest BCUT2D eigenvalue weighted by Gasteiger charge is 2.48. The van der Waals surface area contributed by atoms with Gasteiger partial charge in [-0.2, -0.15) is 0 Å². The van der Waals surface area contributed by atoms with E-state index in [0.29, 0.717) is 25.1 Å². The van der Waals surface area contributed by atoms with Gasteiger partial charge in [0.1, 0.15) is 0 Å². The number of aliphatic hydroxyl groups is 1. The molecule has 3 aliphatic rings. The quantitative estimate of drug-likeness (QED) is 0.824. The molecule has 0 aromatic heterocycles. The number of ether oxygens (including phenoxy) is 1. The van der Waals surface area contributed by atoms with Crippen molar-refractivity contribution in [1.29, 1.82) is 0 Å². The number of carbonyl (C=O) groups is 1. The van der Waals surface area contributed by atoms with Crippen molar-refractivity contribution in [1.82, 2.24) is 10.2 Å². The Morgan fingerprint density at radius 1 is 1.17 bits per heavy atom. The Morgan fingerprint density at radius 3 is 2.61 bits per heavy atom. The molecule has 132 valence electrons. The van der Waals surface area contributed by atoms with Crippen molar-refractivity contribution in [3.05, 3.63) is 0 Å². The Hall–Kier alpha value is -0.650. The number of nitrogens with one attached hydrogen (secondary N) is 1. The molecule has 0 aromatic carbocycles. The number of hydrogen-bond acceptors (Lipinski definition) is 4. The molecule has 2 saturated heterocycles. The molecule has 5 nitrogen and oxygen atoms in total. The van der Waals surface area contributed by atoms with Crippen LogP contribution in [0, 0.1) is 11.3 Å². The highest BCUT2D eigenvalue weighted by Crippen LogP contribution is 2.40. The molecule has 2 atom stereocenters. The van der Waals surface area contributed by atoms with Crippen molar-refractivity contribution in [3.8, 4) is 0 Å². The standard InChI is InChI=1S/C18H32N2O3/c21-13-18-12-20(10-15(18)8-9-23-14-18)11-17(22)19-16-6-4-2-1-3-5-7-16/h15-16,21H,1-14H2,(H,19,22)/t15-,18+/m0/s1. The Morgan fingerprint density at radius 2 is 1.91 bits per heavy atom. The fourth-order valence-electron chi connectivity index (χ4n) is 4.63. The molecule has 1 amide bonds. The van der Waals surface area contributed by atoms with Gasteiger partial charge < -0.3 is 15.2 Å². The molecule has 3 fully saturated rings. The monoisotopic (exact) mass is 324 g/mol. The molecule has 1 saturated carbocycles. The van der Waals surface area contributed by atoms with Crippen LogP contribution in [0.5, 0.6) is 0 Å². The molecule has 2 heterocycles. The SMILES string of the molecule is O=C(CN1C[C@@H]2CCOC[C@]2(CO)C1)NC1CCCCCCC1. The normalized spacial score (nSPS) is 33.7. The van der Waals surface area contributed by atoms with E-state index in [9.17, 15) is 9.90 Å². The molecule has 0 unspecified atom stereocenters. The number of amides is 1. The lowest BCUT2D eigenvalue weighted by atomic mass is 9.76. The summed E-state index contributed by atoms with van der Waals surface area (Å²) in [5, 5.41) is 13.1. The summed E-state index contributed by atoms with van der Waals surface area (Å²) in [5.41, 5.74) is -0.140. The third-order valence-corrected chi connectivity index (χ3v) is 6.04. The Kier molecular flexibility index (Phi) is 5.94. The van der Waals surface area contributed by atoms with Crippen LogP contribution in [0.4, 0.5) is 0 Å². The second-order valence-corrected chi connectivity index (χ2v) is 7.84. The van der Waals surface area contributed by atoms with Crippen LogP contribution in [-0.4, -0.2) is 61.4 Å². The second-order valence-electron chi connectivity index (χ2n) is 7.84. The van der Waals surface area contributed by atoms with E-state index in [1.807, 2.05) is 0 Å². The zero-order valence-electron chi connectivity index (χ0n) is 14.3. The predicted octanol–water partition coefficient (Wildman–Crippen LogP) is 1.55. The topological polar surface area (TPSA) is 61.8 Å². The van der Waals surface area contributed by atoms with E-state index in [1.165, 1.54) is 32.1 Å². The molecule has 2 aliphatic heterocycles.